The van der Waals surface area contributed by atoms with Crippen LogP contribution in [0.25, 0.3) is 0 Å². The number of hydrogen-bond donors (Lipinski definition) is 2. The van der Waals surface area contributed by atoms with E-state index in [0.29, 0.717) is 35.0 Å². The van der Waals surface area contributed by atoms with Gasteiger partial charge in [0.15, 0.2) is 15.5 Å². The number of rotatable bonds is 3. The van der Waals surface area contributed by atoms with Crippen molar-refractivity contribution in [1.82, 2.24) is 4.98 Å². The lowest BCUT2D eigenvalue weighted by molar-refractivity contribution is -0.115. The molecule has 1 aromatic carbocycles. The molecule has 0 unspecified atom stereocenters. The molecule has 0 fully saturated rings. The molecule has 0 spiro atoms. The Balaban J connectivity index is 1.70. The van der Waals surface area contributed by atoms with Crippen LogP contribution in [0.3, 0.4) is 0 Å². The summed E-state index contributed by atoms with van der Waals surface area (Å²) >= 11 is 6.52. The largest absolute Gasteiger partial charge is 0.490 e. The highest BCUT2D eigenvalue weighted by molar-refractivity contribution is 7.73. The molecule has 0 saturated heterocycles. The number of ether oxygens (including phenoxy) is 2. The summed E-state index contributed by atoms with van der Waals surface area (Å²) in [5, 5.41) is 2.88. The number of aromatic amines is 1. The maximum Gasteiger partial charge on any atom is 0.229 e. The predicted molar refractivity (Wildman–Crippen MR) is 88.6 cm³/mol. The first-order valence-electron chi connectivity index (χ1n) is 7.00. The van der Waals surface area contributed by atoms with E-state index in [1.54, 1.807) is 6.07 Å². The fourth-order valence-corrected chi connectivity index (χ4v) is 3.49. The van der Waals surface area contributed by atoms with Crippen molar-refractivity contribution < 1.29 is 14.3 Å². The average molecular weight is 336 g/mol. The van der Waals surface area contributed by atoms with Gasteiger partial charge in [-0.05, 0) is 31.3 Å². The molecule has 0 radical (unpaired) electrons. The Labute approximate surface area is 137 Å². The van der Waals surface area contributed by atoms with Gasteiger partial charge >= 0.3 is 0 Å². The third-order valence-corrected chi connectivity index (χ3v) is 4.61. The second-order valence-electron chi connectivity index (χ2n) is 5.00. The number of carbonyl (C=O) groups is 1. The van der Waals surface area contributed by atoms with Crippen LogP contribution in [0.15, 0.2) is 18.2 Å². The second kappa shape index (κ2) is 6.50. The predicted octanol–water partition coefficient (Wildman–Crippen LogP) is 3.46. The zero-order valence-corrected chi connectivity index (χ0v) is 13.7. The Hall–Kier alpha value is -1.86. The van der Waals surface area contributed by atoms with Crippen molar-refractivity contribution in [3.63, 3.8) is 0 Å². The Morgan fingerprint density at radius 1 is 1.36 bits per heavy atom. The van der Waals surface area contributed by atoms with E-state index in [-0.39, 0.29) is 5.91 Å². The summed E-state index contributed by atoms with van der Waals surface area (Å²) in [5.41, 5.74) is 1.65. The number of hydrogen-bond acceptors (Lipinski definition) is 5. The first-order valence-corrected chi connectivity index (χ1v) is 8.22. The molecule has 0 saturated carbocycles. The molecular formula is C15H16N2O3S2. The summed E-state index contributed by atoms with van der Waals surface area (Å²) in [6, 6.07) is 5.43. The first kappa shape index (κ1) is 15.1. The highest BCUT2D eigenvalue weighted by atomic mass is 32.1. The van der Waals surface area contributed by atoms with E-state index in [2.05, 4.69) is 10.3 Å². The molecule has 0 aliphatic carbocycles. The van der Waals surface area contributed by atoms with Gasteiger partial charge in [-0.15, -0.1) is 11.3 Å². The molecular weight excluding hydrogens is 320 g/mol. The molecule has 1 aromatic heterocycles. The summed E-state index contributed by atoms with van der Waals surface area (Å²) in [5.74, 6) is 1.31. The summed E-state index contributed by atoms with van der Waals surface area (Å²) in [7, 11) is 0. The van der Waals surface area contributed by atoms with Gasteiger partial charge in [-0.3, -0.25) is 4.79 Å². The molecule has 5 nitrogen and oxygen atoms in total. The van der Waals surface area contributed by atoms with Crippen LogP contribution in [0.1, 0.15) is 17.0 Å². The van der Waals surface area contributed by atoms with Crippen LogP contribution in [0.2, 0.25) is 0 Å². The lowest BCUT2D eigenvalue weighted by atomic mass is 10.2. The number of H-pyrrole nitrogens is 1. The normalized spacial score (nSPS) is 13.5. The zero-order valence-electron chi connectivity index (χ0n) is 12.1. The van der Waals surface area contributed by atoms with Crippen molar-refractivity contribution in [2.45, 2.75) is 19.8 Å². The van der Waals surface area contributed by atoms with Gasteiger partial charge in [0.2, 0.25) is 5.91 Å². The van der Waals surface area contributed by atoms with E-state index in [1.807, 2.05) is 19.1 Å². The number of amides is 1. The summed E-state index contributed by atoms with van der Waals surface area (Å²) in [4.78, 5) is 16.2. The number of fused-ring (bicyclic) bond motifs is 1. The Morgan fingerprint density at radius 2 is 2.14 bits per heavy atom. The zero-order chi connectivity index (χ0) is 15.5. The fraction of sp³-hybridized carbons (Fsp3) is 0.333. The quantitative estimate of drug-likeness (QED) is 0.843. The van der Waals surface area contributed by atoms with Gasteiger partial charge in [0, 0.05) is 28.7 Å². The summed E-state index contributed by atoms with van der Waals surface area (Å²) in [6.45, 7) is 3.19. The molecule has 1 amide bonds. The highest BCUT2D eigenvalue weighted by Crippen LogP contribution is 2.32. The SMILES string of the molecule is Cc1[nH]c(=S)sc1CC(=O)Nc1ccc2c(c1)OCCCO2. The smallest absolute Gasteiger partial charge is 0.229 e. The van der Waals surface area contributed by atoms with Crippen molar-refractivity contribution in [3.8, 4) is 11.5 Å². The van der Waals surface area contributed by atoms with Crippen molar-refractivity contribution >= 4 is 35.1 Å². The molecule has 2 aromatic rings. The minimum absolute atomic E-state index is 0.0807. The molecule has 2 heterocycles. The van der Waals surface area contributed by atoms with Crippen LogP contribution >= 0.6 is 23.6 Å². The number of benzene rings is 1. The van der Waals surface area contributed by atoms with Gasteiger partial charge in [0.05, 0.1) is 19.6 Å². The minimum atomic E-state index is -0.0807. The molecule has 0 bridgehead atoms. The average Bonchev–Trinajstić information content (AvgIpc) is 2.67. The number of aryl methyl sites for hydroxylation is 1. The molecule has 7 heteroatoms. The molecule has 1 aliphatic rings. The Kier molecular flexibility index (Phi) is 4.44. The molecule has 2 N–H and O–H groups in total. The van der Waals surface area contributed by atoms with Gasteiger partial charge in [0.25, 0.3) is 0 Å². The van der Waals surface area contributed by atoms with E-state index in [4.69, 9.17) is 21.7 Å². The molecule has 3 rings (SSSR count). The van der Waals surface area contributed by atoms with E-state index in [1.165, 1.54) is 11.3 Å². The number of anilines is 1. The van der Waals surface area contributed by atoms with Crippen LogP contribution in [-0.2, 0) is 11.2 Å². The van der Waals surface area contributed by atoms with E-state index in [0.717, 1.165) is 22.7 Å². The fourth-order valence-electron chi connectivity index (χ4n) is 2.20. The van der Waals surface area contributed by atoms with E-state index in [9.17, 15) is 4.79 Å². The monoisotopic (exact) mass is 336 g/mol. The first-order chi connectivity index (χ1) is 10.6. The van der Waals surface area contributed by atoms with Gasteiger partial charge in [-0.25, -0.2) is 0 Å². The maximum absolute atomic E-state index is 12.2. The molecule has 0 atom stereocenters. The number of carbonyl (C=O) groups excluding carboxylic acids is 1. The standard InChI is InChI=1S/C15H16N2O3S2/c1-9-13(22-15(21)16-9)8-14(18)17-10-3-4-11-12(7-10)20-6-2-5-19-11/h3-4,7H,2,5-6,8H2,1H3,(H,16,21)(H,17,18). The van der Waals surface area contributed by atoms with Gasteiger partial charge in [-0.1, -0.05) is 0 Å². The minimum Gasteiger partial charge on any atom is -0.490 e. The summed E-state index contributed by atoms with van der Waals surface area (Å²) < 4.78 is 11.9. The Morgan fingerprint density at radius 3 is 2.86 bits per heavy atom. The van der Waals surface area contributed by atoms with E-state index >= 15 is 0 Å². The van der Waals surface area contributed by atoms with Crippen molar-refractivity contribution in [3.05, 3.63) is 32.7 Å². The van der Waals surface area contributed by atoms with Crippen LogP contribution in [0, 0.1) is 10.9 Å². The number of nitrogens with one attached hydrogen (secondary N) is 2. The van der Waals surface area contributed by atoms with Crippen molar-refractivity contribution in [1.29, 1.82) is 0 Å². The van der Waals surface area contributed by atoms with Gasteiger partial charge < -0.3 is 19.8 Å². The third-order valence-electron chi connectivity index (χ3n) is 3.28. The Bertz CT molecular complexity index is 751. The summed E-state index contributed by atoms with van der Waals surface area (Å²) in [6.07, 6.45) is 1.16. The van der Waals surface area contributed by atoms with Crippen LogP contribution in [-0.4, -0.2) is 24.1 Å². The van der Waals surface area contributed by atoms with Crippen LogP contribution < -0.4 is 14.8 Å². The molecule has 116 valence electrons. The van der Waals surface area contributed by atoms with Crippen LogP contribution in [0.5, 0.6) is 11.5 Å². The highest BCUT2D eigenvalue weighted by Gasteiger charge is 2.13. The third kappa shape index (κ3) is 3.48. The number of thiazole rings is 1. The molecule has 1 aliphatic heterocycles. The van der Waals surface area contributed by atoms with Crippen LogP contribution in [0.4, 0.5) is 5.69 Å². The lowest BCUT2D eigenvalue weighted by Gasteiger charge is -2.10. The maximum atomic E-state index is 12.2. The van der Waals surface area contributed by atoms with Crippen molar-refractivity contribution in [2.75, 3.05) is 18.5 Å². The second-order valence-corrected chi connectivity index (χ2v) is 6.77. The van der Waals surface area contributed by atoms with E-state index < -0.39 is 0 Å². The van der Waals surface area contributed by atoms with Crippen molar-refractivity contribution in [2.24, 2.45) is 0 Å². The van der Waals surface area contributed by atoms with Gasteiger partial charge in [0.1, 0.15) is 0 Å². The topological polar surface area (TPSA) is 63.4 Å². The molecule has 22 heavy (non-hydrogen) atoms. The lowest BCUT2D eigenvalue weighted by Crippen LogP contribution is -2.14. The number of aromatic nitrogens is 1. The van der Waals surface area contributed by atoms with Gasteiger partial charge in [-0.2, -0.15) is 0 Å².